The van der Waals surface area contributed by atoms with E-state index >= 15 is 0 Å². The number of carbonyl (C=O) groups is 1. The maximum Gasteiger partial charge on any atom is 0.256 e. The molecule has 3 heterocycles. The van der Waals surface area contributed by atoms with Crippen LogP contribution in [0.2, 0.25) is 5.02 Å². The summed E-state index contributed by atoms with van der Waals surface area (Å²) in [6, 6.07) is 21.5. The van der Waals surface area contributed by atoms with Crippen LogP contribution in [0.3, 0.4) is 0 Å². The van der Waals surface area contributed by atoms with E-state index in [-0.39, 0.29) is 11.9 Å². The Morgan fingerprint density at radius 1 is 0.939 bits per heavy atom. The average Bonchev–Trinajstić information content (AvgIpc) is 3.51. The van der Waals surface area contributed by atoms with E-state index < -0.39 is 0 Å². The number of benzene rings is 2. The SMILES string of the molecule is O=C(c1ccc(Cc2ccccc2)nc1)N1CCCC1c1ncc(Cc2ccc(Cl)cc2)o1. The number of hydrogen-bond donors (Lipinski definition) is 0. The molecule has 5 rings (SSSR count). The third-order valence-corrected chi connectivity index (χ3v) is 6.21. The molecular formula is C27H24ClN3O2. The molecule has 0 bridgehead atoms. The van der Waals surface area contributed by atoms with Crippen molar-refractivity contribution >= 4 is 17.5 Å². The maximum absolute atomic E-state index is 13.2. The van der Waals surface area contributed by atoms with Gasteiger partial charge in [0.25, 0.3) is 5.91 Å². The molecule has 0 aliphatic carbocycles. The third-order valence-electron chi connectivity index (χ3n) is 5.96. The van der Waals surface area contributed by atoms with Crippen LogP contribution < -0.4 is 0 Å². The number of halogens is 1. The first-order valence-corrected chi connectivity index (χ1v) is 11.5. The van der Waals surface area contributed by atoms with Crippen LogP contribution in [-0.4, -0.2) is 27.3 Å². The van der Waals surface area contributed by atoms with Gasteiger partial charge in [0.05, 0.1) is 11.8 Å². The topological polar surface area (TPSA) is 59.2 Å². The Kier molecular flexibility index (Phi) is 6.22. The Morgan fingerprint density at radius 2 is 1.73 bits per heavy atom. The lowest BCUT2D eigenvalue weighted by molar-refractivity contribution is 0.0714. The summed E-state index contributed by atoms with van der Waals surface area (Å²) in [7, 11) is 0. The monoisotopic (exact) mass is 457 g/mol. The molecule has 0 spiro atoms. The fourth-order valence-corrected chi connectivity index (χ4v) is 4.38. The number of nitrogens with zero attached hydrogens (tertiary/aromatic N) is 3. The molecule has 166 valence electrons. The number of pyridine rings is 1. The second-order valence-electron chi connectivity index (χ2n) is 8.33. The van der Waals surface area contributed by atoms with Crippen molar-refractivity contribution in [3.63, 3.8) is 0 Å². The molecule has 0 saturated carbocycles. The lowest BCUT2D eigenvalue weighted by Crippen LogP contribution is -2.30. The van der Waals surface area contributed by atoms with Crippen molar-refractivity contribution < 1.29 is 9.21 Å². The van der Waals surface area contributed by atoms with Gasteiger partial charge < -0.3 is 9.32 Å². The Bertz CT molecular complexity index is 1220. The van der Waals surface area contributed by atoms with Crippen molar-refractivity contribution in [2.24, 2.45) is 0 Å². The predicted molar refractivity (Wildman–Crippen MR) is 127 cm³/mol. The summed E-state index contributed by atoms with van der Waals surface area (Å²) in [4.78, 5) is 24.1. The van der Waals surface area contributed by atoms with Gasteiger partial charge in [-0.2, -0.15) is 0 Å². The zero-order chi connectivity index (χ0) is 22.6. The molecule has 1 saturated heterocycles. The molecule has 4 aromatic rings. The number of amides is 1. The van der Waals surface area contributed by atoms with E-state index in [1.807, 2.05) is 59.5 Å². The minimum atomic E-state index is -0.152. The highest BCUT2D eigenvalue weighted by atomic mass is 35.5. The molecule has 33 heavy (non-hydrogen) atoms. The summed E-state index contributed by atoms with van der Waals surface area (Å²) >= 11 is 5.97. The lowest BCUT2D eigenvalue weighted by Gasteiger charge is -2.22. The minimum Gasteiger partial charge on any atom is -0.443 e. The van der Waals surface area contributed by atoms with Gasteiger partial charge >= 0.3 is 0 Å². The van der Waals surface area contributed by atoms with Crippen molar-refractivity contribution in [1.82, 2.24) is 14.9 Å². The molecule has 6 heteroatoms. The van der Waals surface area contributed by atoms with Gasteiger partial charge in [-0.1, -0.05) is 54.1 Å². The smallest absolute Gasteiger partial charge is 0.256 e. The largest absolute Gasteiger partial charge is 0.443 e. The summed E-state index contributed by atoms with van der Waals surface area (Å²) in [5.74, 6) is 1.34. The number of likely N-dealkylation sites (tertiary alicyclic amines) is 1. The van der Waals surface area contributed by atoms with Gasteiger partial charge in [-0.3, -0.25) is 9.78 Å². The Balaban J connectivity index is 1.27. The van der Waals surface area contributed by atoms with Gasteiger partial charge in [-0.15, -0.1) is 0 Å². The number of carbonyl (C=O) groups excluding carboxylic acids is 1. The molecule has 2 aromatic carbocycles. The summed E-state index contributed by atoms with van der Waals surface area (Å²) in [5, 5.41) is 0.708. The second kappa shape index (κ2) is 9.59. The van der Waals surface area contributed by atoms with Gasteiger partial charge in [0.2, 0.25) is 5.89 Å². The second-order valence-corrected chi connectivity index (χ2v) is 8.76. The fraction of sp³-hybridized carbons (Fsp3) is 0.222. The Hall–Kier alpha value is -3.44. The Labute approximate surface area is 198 Å². The van der Waals surface area contributed by atoms with Crippen LogP contribution in [0.4, 0.5) is 0 Å². The van der Waals surface area contributed by atoms with Crippen LogP contribution in [0, 0.1) is 0 Å². The zero-order valence-electron chi connectivity index (χ0n) is 18.2. The summed E-state index contributed by atoms with van der Waals surface area (Å²) in [6.07, 6.45) is 6.57. The first kappa shape index (κ1) is 21.4. The highest BCUT2D eigenvalue weighted by molar-refractivity contribution is 6.30. The van der Waals surface area contributed by atoms with Crippen LogP contribution in [0.15, 0.2) is 83.5 Å². The molecule has 0 N–H and O–H groups in total. The highest BCUT2D eigenvalue weighted by Gasteiger charge is 2.34. The number of rotatable bonds is 6. The van der Waals surface area contributed by atoms with E-state index in [0.29, 0.717) is 29.4 Å². The van der Waals surface area contributed by atoms with Crippen molar-refractivity contribution in [2.45, 2.75) is 31.7 Å². The van der Waals surface area contributed by atoms with E-state index in [2.05, 4.69) is 22.1 Å². The van der Waals surface area contributed by atoms with Crippen molar-refractivity contribution in [2.75, 3.05) is 6.54 Å². The molecule has 2 aromatic heterocycles. The van der Waals surface area contributed by atoms with Crippen LogP contribution in [0.25, 0.3) is 0 Å². The first-order valence-electron chi connectivity index (χ1n) is 11.1. The third kappa shape index (κ3) is 4.99. The lowest BCUT2D eigenvalue weighted by atomic mass is 10.1. The molecule has 1 fully saturated rings. The zero-order valence-corrected chi connectivity index (χ0v) is 18.9. The quantitative estimate of drug-likeness (QED) is 0.362. The van der Waals surface area contributed by atoms with Gasteiger partial charge in [0.15, 0.2) is 0 Å². The summed E-state index contributed by atoms with van der Waals surface area (Å²) in [5.41, 5.74) is 3.83. The van der Waals surface area contributed by atoms with E-state index in [0.717, 1.165) is 36.3 Å². The predicted octanol–water partition coefficient (Wildman–Crippen LogP) is 5.88. The number of aromatic nitrogens is 2. The van der Waals surface area contributed by atoms with Crippen LogP contribution in [0.5, 0.6) is 0 Å². The molecule has 1 aliphatic rings. The van der Waals surface area contributed by atoms with Crippen LogP contribution in [-0.2, 0) is 12.8 Å². The van der Waals surface area contributed by atoms with E-state index in [9.17, 15) is 4.79 Å². The van der Waals surface area contributed by atoms with E-state index in [1.54, 1.807) is 12.4 Å². The molecule has 1 atom stereocenters. The van der Waals surface area contributed by atoms with Crippen molar-refractivity contribution in [1.29, 1.82) is 0 Å². The van der Waals surface area contributed by atoms with Gasteiger partial charge in [0.1, 0.15) is 11.8 Å². The fourth-order valence-electron chi connectivity index (χ4n) is 4.25. The van der Waals surface area contributed by atoms with Gasteiger partial charge in [-0.05, 0) is 48.2 Å². The number of hydrogen-bond acceptors (Lipinski definition) is 4. The summed E-state index contributed by atoms with van der Waals surface area (Å²) in [6.45, 7) is 0.685. The van der Waals surface area contributed by atoms with Crippen molar-refractivity contribution in [3.8, 4) is 0 Å². The molecule has 5 nitrogen and oxygen atoms in total. The normalized spacial score (nSPS) is 15.7. The Morgan fingerprint density at radius 3 is 2.48 bits per heavy atom. The molecule has 1 unspecified atom stereocenters. The molecule has 1 aliphatic heterocycles. The summed E-state index contributed by atoms with van der Waals surface area (Å²) < 4.78 is 6.05. The standard InChI is InChI=1S/C27H24ClN3O2/c28-22-11-8-20(9-12-22)16-24-18-30-26(33-24)25-7-4-14-31(25)27(32)21-10-13-23(29-17-21)15-19-5-2-1-3-6-19/h1-3,5-6,8-13,17-18,25H,4,7,14-16H2. The number of oxazole rings is 1. The van der Waals surface area contributed by atoms with Crippen LogP contribution >= 0.6 is 11.6 Å². The molecule has 1 amide bonds. The minimum absolute atomic E-state index is 0.0336. The molecule has 0 radical (unpaired) electrons. The van der Waals surface area contributed by atoms with E-state index in [4.69, 9.17) is 16.0 Å². The maximum atomic E-state index is 13.2. The highest BCUT2D eigenvalue weighted by Crippen LogP contribution is 2.33. The average molecular weight is 458 g/mol. The molecular weight excluding hydrogens is 434 g/mol. The van der Waals surface area contributed by atoms with Gasteiger partial charge in [-0.25, -0.2) is 4.98 Å². The van der Waals surface area contributed by atoms with E-state index in [1.165, 1.54) is 5.56 Å². The van der Waals surface area contributed by atoms with Gasteiger partial charge in [0, 0.05) is 36.3 Å². The first-order chi connectivity index (χ1) is 16.2. The van der Waals surface area contributed by atoms with Crippen LogP contribution in [0.1, 0.15) is 57.7 Å². The van der Waals surface area contributed by atoms with Crippen molar-refractivity contribution in [3.05, 3.63) is 118 Å².